The fraction of sp³-hybridized carbons (Fsp3) is 0.226. The van der Waals surface area contributed by atoms with Crippen LogP contribution in [0.1, 0.15) is 16.7 Å². The third kappa shape index (κ3) is 6.75. The first-order valence-corrected chi connectivity index (χ1v) is 13.5. The van der Waals surface area contributed by atoms with Crippen LogP contribution in [0.15, 0.2) is 85.0 Å². The molecule has 0 aromatic heterocycles. The highest BCUT2D eigenvalue weighted by atomic mass is 127. The number of amides is 1. The number of nitriles is 1. The van der Waals surface area contributed by atoms with Crippen molar-refractivity contribution >= 4 is 40.3 Å². The van der Waals surface area contributed by atoms with Crippen molar-refractivity contribution in [2.45, 2.75) is 13.0 Å². The van der Waals surface area contributed by atoms with Crippen LogP contribution >= 0.6 is 22.6 Å². The molecule has 1 saturated heterocycles. The van der Waals surface area contributed by atoms with Gasteiger partial charge in [0.25, 0.3) is 5.91 Å². The molecule has 0 spiro atoms. The van der Waals surface area contributed by atoms with Gasteiger partial charge in [-0.25, -0.2) is 0 Å². The summed E-state index contributed by atoms with van der Waals surface area (Å²) in [6, 6.07) is 24.1. The summed E-state index contributed by atoms with van der Waals surface area (Å²) in [7, 11) is 1.58. The van der Waals surface area contributed by atoms with Crippen LogP contribution < -0.4 is 14.4 Å². The maximum Gasteiger partial charge on any atom is 0.264 e. The number of methoxy groups -OCH3 is 1. The number of anilines is 1. The molecule has 7 heteroatoms. The highest BCUT2D eigenvalue weighted by Crippen LogP contribution is 2.35. The first-order valence-electron chi connectivity index (χ1n) is 12.4. The van der Waals surface area contributed by atoms with Gasteiger partial charge in [0.15, 0.2) is 11.5 Å². The molecular weight excluding hydrogens is 589 g/mol. The molecule has 6 nitrogen and oxygen atoms in total. The summed E-state index contributed by atoms with van der Waals surface area (Å²) >= 11 is 2.27. The molecule has 1 amide bonds. The SMILES string of the molecule is C=CCc1cc(/C=C(/C#N)C(=O)N2CCN(c3ccccc3)CC2)cc(OC)c1OCc1ccc(I)cc1. The van der Waals surface area contributed by atoms with E-state index >= 15 is 0 Å². The number of halogens is 1. The van der Waals surface area contributed by atoms with Crippen LogP contribution in [0.4, 0.5) is 5.69 Å². The lowest BCUT2D eigenvalue weighted by Crippen LogP contribution is -2.49. The smallest absolute Gasteiger partial charge is 0.264 e. The molecule has 1 aliphatic heterocycles. The summed E-state index contributed by atoms with van der Waals surface area (Å²) in [6.45, 7) is 6.83. The molecule has 38 heavy (non-hydrogen) atoms. The zero-order chi connectivity index (χ0) is 26.9. The van der Waals surface area contributed by atoms with E-state index in [1.165, 1.54) is 0 Å². The number of para-hydroxylation sites is 1. The Morgan fingerprint density at radius 3 is 2.42 bits per heavy atom. The summed E-state index contributed by atoms with van der Waals surface area (Å²) in [5, 5.41) is 9.85. The second-order valence-electron chi connectivity index (χ2n) is 8.90. The zero-order valence-corrected chi connectivity index (χ0v) is 23.6. The van der Waals surface area contributed by atoms with E-state index in [2.05, 4.69) is 52.3 Å². The number of ether oxygens (including phenoxy) is 2. The van der Waals surface area contributed by atoms with Gasteiger partial charge in [-0.05, 0) is 82.6 Å². The number of carbonyl (C=O) groups excluding carboxylic acids is 1. The molecule has 1 heterocycles. The van der Waals surface area contributed by atoms with Crippen molar-refractivity contribution in [3.63, 3.8) is 0 Å². The number of rotatable bonds is 9. The van der Waals surface area contributed by atoms with Gasteiger partial charge in [-0.3, -0.25) is 4.79 Å². The lowest BCUT2D eigenvalue weighted by molar-refractivity contribution is -0.126. The van der Waals surface area contributed by atoms with Crippen LogP contribution in [0.25, 0.3) is 6.08 Å². The van der Waals surface area contributed by atoms with Crippen molar-refractivity contribution in [3.8, 4) is 17.6 Å². The van der Waals surface area contributed by atoms with Gasteiger partial charge < -0.3 is 19.3 Å². The Kier molecular flexibility index (Phi) is 9.44. The molecule has 194 valence electrons. The number of carbonyl (C=O) groups is 1. The average molecular weight is 620 g/mol. The van der Waals surface area contributed by atoms with E-state index in [1.54, 1.807) is 30.2 Å². The Balaban J connectivity index is 1.52. The number of allylic oxidation sites excluding steroid dienone is 1. The number of nitrogens with zero attached hydrogens (tertiary/aromatic N) is 3. The second kappa shape index (κ2) is 13.2. The van der Waals surface area contributed by atoms with Gasteiger partial charge in [0.05, 0.1) is 7.11 Å². The lowest BCUT2D eigenvalue weighted by Gasteiger charge is -2.36. The molecule has 4 rings (SSSR count). The molecule has 0 unspecified atom stereocenters. The summed E-state index contributed by atoms with van der Waals surface area (Å²) < 4.78 is 13.0. The predicted octanol–water partition coefficient (Wildman–Crippen LogP) is 5.86. The van der Waals surface area contributed by atoms with Crippen LogP contribution in [0.2, 0.25) is 0 Å². The molecule has 0 N–H and O–H groups in total. The van der Waals surface area contributed by atoms with Crippen molar-refractivity contribution in [2.75, 3.05) is 38.2 Å². The Morgan fingerprint density at radius 1 is 1.08 bits per heavy atom. The Labute approximate surface area is 237 Å². The minimum atomic E-state index is -0.261. The van der Waals surface area contributed by atoms with E-state index < -0.39 is 0 Å². The first-order chi connectivity index (χ1) is 18.5. The number of hydrogen-bond acceptors (Lipinski definition) is 5. The van der Waals surface area contributed by atoms with Gasteiger partial charge in [-0.15, -0.1) is 6.58 Å². The van der Waals surface area contributed by atoms with E-state index in [1.807, 2.05) is 48.5 Å². The Bertz CT molecular complexity index is 1340. The third-order valence-electron chi connectivity index (χ3n) is 6.38. The maximum absolute atomic E-state index is 13.2. The van der Waals surface area contributed by atoms with Crippen LogP contribution in [0.5, 0.6) is 11.5 Å². The van der Waals surface area contributed by atoms with E-state index in [0.29, 0.717) is 43.2 Å². The zero-order valence-electron chi connectivity index (χ0n) is 21.4. The highest BCUT2D eigenvalue weighted by molar-refractivity contribution is 14.1. The van der Waals surface area contributed by atoms with Crippen molar-refractivity contribution in [2.24, 2.45) is 0 Å². The topological polar surface area (TPSA) is 65.8 Å². The van der Waals surface area contributed by atoms with E-state index in [0.717, 1.165) is 33.5 Å². The van der Waals surface area contributed by atoms with E-state index in [4.69, 9.17) is 9.47 Å². The van der Waals surface area contributed by atoms with Crippen LogP contribution in [-0.4, -0.2) is 44.1 Å². The number of benzene rings is 3. The molecule has 0 bridgehead atoms. The van der Waals surface area contributed by atoms with Gasteiger partial charge in [-0.1, -0.05) is 36.4 Å². The predicted molar refractivity (Wildman–Crippen MR) is 159 cm³/mol. The average Bonchev–Trinajstić information content (AvgIpc) is 2.96. The van der Waals surface area contributed by atoms with Gasteiger partial charge in [0.2, 0.25) is 0 Å². The summed E-state index contributed by atoms with van der Waals surface area (Å²) in [5.41, 5.74) is 3.86. The van der Waals surface area contributed by atoms with Crippen LogP contribution in [0.3, 0.4) is 0 Å². The van der Waals surface area contributed by atoms with Crippen molar-refractivity contribution in [1.29, 1.82) is 5.26 Å². The van der Waals surface area contributed by atoms with E-state index in [9.17, 15) is 10.1 Å². The second-order valence-corrected chi connectivity index (χ2v) is 10.1. The molecular formula is C31H30IN3O3. The third-order valence-corrected chi connectivity index (χ3v) is 7.10. The van der Waals surface area contributed by atoms with Gasteiger partial charge in [0.1, 0.15) is 18.2 Å². The monoisotopic (exact) mass is 619 g/mol. The Hall–Kier alpha value is -3.77. The maximum atomic E-state index is 13.2. The normalized spacial score (nSPS) is 13.6. The Morgan fingerprint density at radius 2 is 1.79 bits per heavy atom. The molecule has 0 saturated carbocycles. The standard InChI is InChI=1S/C31H30IN3O3/c1-3-7-25-18-24(20-29(37-2)30(25)38-22-23-10-12-27(32)13-11-23)19-26(21-33)31(36)35-16-14-34(15-17-35)28-8-5-4-6-9-28/h3-6,8-13,18-20H,1,7,14-17,22H2,2H3/b26-19-. The molecule has 1 aliphatic rings. The highest BCUT2D eigenvalue weighted by Gasteiger charge is 2.24. The molecule has 0 atom stereocenters. The fourth-order valence-electron chi connectivity index (χ4n) is 4.41. The molecule has 3 aromatic carbocycles. The van der Waals surface area contributed by atoms with Crippen molar-refractivity contribution in [1.82, 2.24) is 4.90 Å². The fourth-order valence-corrected chi connectivity index (χ4v) is 4.77. The van der Waals surface area contributed by atoms with Crippen LogP contribution in [-0.2, 0) is 17.8 Å². The van der Waals surface area contributed by atoms with Gasteiger partial charge in [-0.2, -0.15) is 5.26 Å². The molecule has 0 radical (unpaired) electrons. The number of piperazine rings is 1. The van der Waals surface area contributed by atoms with Crippen molar-refractivity contribution in [3.05, 3.63) is 105 Å². The summed E-state index contributed by atoms with van der Waals surface area (Å²) in [5.74, 6) is 0.913. The quantitative estimate of drug-likeness (QED) is 0.130. The minimum Gasteiger partial charge on any atom is -0.493 e. The minimum absolute atomic E-state index is 0.0947. The number of hydrogen-bond donors (Lipinski definition) is 0. The van der Waals surface area contributed by atoms with E-state index in [-0.39, 0.29) is 11.5 Å². The molecule has 1 fully saturated rings. The van der Waals surface area contributed by atoms with Gasteiger partial charge in [0, 0.05) is 41.0 Å². The summed E-state index contributed by atoms with van der Waals surface area (Å²) in [6.07, 6.45) is 3.98. The molecule has 3 aromatic rings. The first kappa shape index (κ1) is 27.3. The molecule has 0 aliphatic carbocycles. The van der Waals surface area contributed by atoms with Gasteiger partial charge >= 0.3 is 0 Å². The summed E-state index contributed by atoms with van der Waals surface area (Å²) in [4.78, 5) is 17.2. The van der Waals surface area contributed by atoms with Crippen molar-refractivity contribution < 1.29 is 14.3 Å². The van der Waals surface area contributed by atoms with Crippen LogP contribution in [0, 0.1) is 14.9 Å². The largest absolute Gasteiger partial charge is 0.493 e. The lowest BCUT2D eigenvalue weighted by atomic mass is 10.0.